The van der Waals surface area contributed by atoms with Crippen LogP contribution in [0, 0.1) is 11.3 Å². The van der Waals surface area contributed by atoms with E-state index in [-0.39, 0.29) is 30.1 Å². The second-order valence-corrected chi connectivity index (χ2v) is 11.1. The lowest BCUT2D eigenvalue weighted by molar-refractivity contribution is -0.111. The van der Waals surface area contributed by atoms with Crippen molar-refractivity contribution < 1.29 is 31.4 Å². The molecule has 1 amide bonds. The molecule has 1 saturated heterocycles. The first-order valence-corrected chi connectivity index (χ1v) is 11.9. The number of allylic oxidation sites excluding steroid dienone is 3. The lowest BCUT2D eigenvalue weighted by Gasteiger charge is -2.50. The fraction of sp³-hybridized carbons (Fsp3) is 0.500. The van der Waals surface area contributed by atoms with Gasteiger partial charge in [-0.3, -0.25) is 19.0 Å². The Morgan fingerprint density at radius 1 is 1.31 bits per heavy atom. The molecule has 3 unspecified atom stereocenters. The Labute approximate surface area is 200 Å². The Hall–Kier alpha value is -2.96. The quantitative estimate of drug-likeness (QED) is 0.445. The van der Waals surface area contributed by atoms with Gasteiger partial charge in [-0.15, -0.1) is 0 Å². The highest BCUT2D eigenvalue weighted by Gasteiger charge is 2.69. The summed E-state index contributed by atoms with van der Waals surface area (Å²) >= 11 is 0. The summed E-state index contributed by atoms with van der Waals surface area (Å²) in [6, 6.07) is 0. The predicted octanol–water partition coefficient (Wildman–Crippen LogP) is 2.47. The molecule has 35 heavy (non-hydrogen) atoms. The number of halogens is 4. The SMILES string of the molecule is CC1([C@@]2(C)N=C(N)[C@@]3(CF)C(C=O)C[C@@H]2S3=O)CC(NC(=O)c2cnc(C(F)F)cn2)=CC=C1F. The van der Waals surface area contributed by atoms with Crippen LogP contribution in [0.1, 0.15) is 49.3 Å². The third kappa shape index (κ3) is 3.54. The lowest BCUT2D eigenvalue weighted by atomic mass is 9.64. The van der Waals surface area contributed by atoms with Gasteiger partial charge >= 0.3 is 0 Å². The van der Waals surface area contributed by atoms with Crippen molar-refractivity contribution in [3.05, 3.63) is 47.5 Å². The fourth-order valence-electron chi connectivity index (χ4n) is 5.09. The average Bonchev–Trinajstić information content (AvgIpc) is 3.08. The Kier molecular flexibility index (Phi) is 6.18. The van der Waals surface area contributed by atoms with Crippen LogP contribution < -0.4 is 11.1 Å². The number of alkyl halides is 3. The number of carbonyl (C=O) groups excluding carboxylic acids is 2. The molecule has 2 bridgehead atoms. The highest BCUT2D eigenvalue weighted by molar-refractivity contribution is 7.88. The summed E-state index contributed by atoms with van der Waals surface area (Å²) < 4.78 is 66.5. The van der Waals surface area contributed by atoms with Gasteiger partial charge in [-0.1, -0.05) is 6.92 Å². The van der Waals surface area contributed by atoms with Crippen LogP contribution in [0.4, 0.5) is 17.6 Å². The van der Waals surface area contributed by atoms with Crippen molar-refractivity contribution in [3.63, 3.8) is 0 Å². The van der Waals surface area contributed by atoms with E-state index in [1.54, 1.807) is 6.92 Å². The molecule has 6 atom stereocenters. The van der Waals surface area contributed by atoms with E-state index in [9.17, 15) is 27.0 Å². The van der Waals surface area contributed by atoms with Crippen molar-refractivity contribution in [3.8, 4) is 0 Å². The van der Waals surface area contributed by atoms with Gasteiger partial charge in [-0.05, 0) is 25.5 Å². The maximum atomic E-state index is 15.4. The van der Waals surface area contributed by atoms with Gasteiger partial charge in [0.05, 0.1) is 28.6 Å². The van der Waals surface area contributed by atoms with Gasteiger partial charge < -0.3 is 15.8 Å². The van der Waals surface area contributed by atoms with Gasteiger partial charge in [0.1, 0.15) is 40.8 Å². The molecule has 0 radical (unpaired) electrons. The minimum absolute atomic E-state index is 0.0150. The van der Waals surface area contributed by atoms with E-state index < -0.39 is 68.2 Å². The number of rotatable bonds is 6. The number of hydrogen-bond acceptors (Lipinski definition) is 7. The summed E-state index contributed by atoms with van der Waals surface area (Å²) in [6.07, 6.45) is 1.74. The van der Waals surface area contributed by atoms with E-state index in [4.69, 9.17) is 5.73 Å². The van der Waals surface area contributed by atoms with Crippen molar-refractivity contribution in [2.45, 2.75) is 48.7 Å². The summed E-state index contributed by atoms with van der Waals surface area (Å²) in [5, 5.41) is 1.70. The van der Waals surface area contributed by atoms with Crippen LogP contribution in [-0.2, 0) is 15.6 Å². The zero-order valence-electron chi connectivity index (χ0n) is 18.8. The second-order valence-electron chi connectivity index (χ2n) is 9.23. The number of hydrogen-bond donors (Lipinski definition) is 2. The molecule has 1 aromatic rings. The molecule has 8 nitrogen and oxygen atoms in total. The van der Waals surface area contributed by atoms with Gasteiger partial charge in [-0.25, -0.2) is 22.5 Å². The molecule has 0 saturated carbocycles. The third-order valence-electron chi connectivity index (χ3n) is 7.48. The number of aldehydes is 1. The first-order chi connectivity index (χ1) is 16.4. The molecule has 1 aromatic heterocycles. The number of amidine groups is 1. The summed E-state index contributed by atoms with van der Waals surface area (Å²) in [7, 11) is -1.95. The molecule has 188 valence electrons. The van der Waals surface area contributed by atoms with E-state index in [0.29, 0.717) is 6.29 Å². The first kappa shape index (κ1) is 25.1. The average molecular weight is 514 g/mol. The number of fused-ring (bicyclic) bond motifs is 2. The summed E-state index contributed by atoms with van der Waals surface area (Å²) in [5.74, 6) is -2.63. The van der Waals surface area contributed by atoms with Crippen LogP contribution >= 0.6 is 0 Å². The minimum atomic E-state index is -2.84. The lowest BCUT2D eigenvalue weighted by Crippen LogP contribution is -2.63. The van der Waals surface area contributed by atoms with Crippen LogP contribution in [-0.4, -0.2) is 54.4 Å². The largest absolute Gasteiger partial charge is 0.386 e. The molecule has 0 spiro atoms. The van der Waals surface area contributed by atoms with Crippen LogP contribution in [0.15, 0.2) is 41.1 Å². The molecular formula is C22H23F4N5O3S. The number of nitrogens with two attached hydrogens (primary N) is 1. The summed E-state index contributed by atoms with van der Waals surface area (Å²) in [4.78, 5) is 36.0. The summed E-state index contributed by atoms with van der Waals surface area (Å²) in [5.41, 5.74) is 2.65. The second kappa shape index (κ2) is 8.61. The van der Waals surface area contributed by atoms with E-state index in [1.165, 1.54) is 13.0 Å². The van der Waals surface area contributed by atoms with Crippen LogP contribution in [0.2, 0.25) is 0 Å². The molecular weight excluding hydrogens is 490 g/mol. The molecule has 4 rings (SSSR count). The van der Waals surface area contributed by atoms with Gasteiger partial charge in [0.15, 0.2) is 0 Å². The third-order valence-corrected chi connectivity index (χ3v) is 9.99. The highest BCUT2D eigenvalue weighted by Crippen LogP contribution is 2.58. The Morgan fingerprint density at radius 3 is 2.60 bits per heavy atom. The zero-order chi connectivity index (χ0) is 25.8. The van der Waals surface area contributed by atoms with E-state index >= 15 is 4.39 Å². The number of nitrogens with one attached hydrogen (secondary N) is 1. The predicted molar refractivity (Wildman–Crippen MR) is 119 cm³/mol. The molecule has 3 aliphatic rings. The Balaban J connectivity index is 1.64. The smallest absolute Gasteiger partial charge is 0.281 e. The number of aliphatic imine (C=N–C) groups is 1. The number of nitrogens with zero attached hydrogens (tertiary/aromatic N) is 3. The van der Waals surface area contributed by atoms with Gasteiger partial charge in [0, 0.05) is 28.8 Å². The van der Waals surface area contributed by atoms with Gasteiger partial charge in [0.2, 0.25) is 0 Å². The van der Waals surface area contributed by atoms with Crippen molar-refractivity contribution in [2.24, 2.45) is 22.1 Å². The van der Waals surface area contributed by atoms with Crippen LogP contribution in [0.3, 0.4) is 0 Å². The van der Waals surface area contributed by atoms with E-state index in [1.807, 2.05) is 0 Å². The molecule has 1 fully saturated rings. The standard InChI is InChI=1S/C22H23F4N5O3S/c1-20(21(2)16-5-11(9-32)22(10-23,35(16)34)19(27)31-21)6-12(3-4-15(20)24)30-18(33)14-8-28-13(7-29-14)17(25)26/h3-4,7-9,11,16-17H,5-6,10H2,1-2H3,(H2,27,31)(H,30,33)/t11?,16-,20?,21-,22+,35?/m0/s1. The molecule has 3 heterocycles. The van der Waals surface area contributed by atoms with Crippen molar-refractivity contribution >= 4 is 28.8 Å². The Morgan fingerprint density at radius 2 is 2.03 bits per heavy atom. The maximum Gasteiger partial charge on any atom is 0.281 e. The number of amides is 1. The molecule has 13 heteroatoms. The molecule has 1 aliphatic carbocycles. The first-order valence-electron chi connectivity index (χ1n) is 10.7. The molecule has 2 aliphatic heterocycles. The van der Waals surface area contributed by atoms with Crippen molar-refractivity contribution in [2.75, 3.05) is 6.67 Å². The van der Waals surface area contributed by atoms with Crippen LogP contribution in [0.5, 0.6) is 0 Å². The van der Waals surface area contributed by atoms with Crippen LogP contribution in [0.25, 0.3) is 0 Å². The maximum absolute atomic E-state index is 15.4. The van der Waals surface area contributed by atoms with E-state index in [0.717, 1.165) is 18.5 Å². The normalized spacial score (nSPS) is 36.3. The molecule has 3 N–H and O–H groups in total. The fourth-order valence-corrected chi connectivity index (χ4v) is 7.52. The topological polar surface area (TPSA) is 127 Å². The van der Waals surface area contributed by atoms with Gasteiger partial charge in [-0.2, -0.15) is 0 Å². The zero-order valence-corrected chi connectivity index (χ0v) is 19.6. The summed E-state index contributed by atoms with van der Waals surface area (Å²) in [6.45, 7) is 1.96. The van der Waals surface area contributed by atoms with Crippen molar-refractivity contribution in [1.29, 1.82) is 0 Å². The Bertz CT molecular complexity index is 1190. The van der Waals surface area contributed by atoms with E-state index in [2.05, 4.69) is 20.3 Å². The number of aromatic nitrogens is 2. The molecule has 0 aromatic carbocycles. The monoisotopic (exact) mass is 513 g/mol. The number of carbonyl (C=O) groups is 2. The van der Waals surface area contributed by atoms with Gasteiger partial charge in [0.25, 0.3) is 12.3 Å². The van der Waals surface area contributed by atoms with Crippen molar-refractivity contribution in [1.82, 2.24) is 15.3 Å². The highest BCUT2D eigenvalue weighted by atomic mass is 32.2. The minimum Gasteiger partial charge on any atom is -0.386 e.